The van der Waals surface area contributed by atoms with Crippen LogP contribution in [0.4, 0.5) is 8.78 Å². The van der Waals surface area contributed by atoms with Crippen LogP contribution in [0.25, 0.3) is 0 Å². The predicted octanol–water partition coefficient (Wildman–Crippen LogP) is 2.44. The van der Waals surface area contributed by atoms with Crippen molar-refractivity contribution in [1.29, 1.82) is 0 Å². The number of hydroxylamine groups is 2. The SMILES string of the molecule is C=CCON1C(=O)CC(C(=O)OC)C12CCN(Cc1cc(F)cc(F)c1)CC2. The first-order valence-electron chi connectivity index (χ1n) is 9.21. The van der Waals surface area contributed by atoms with E-state index >= 15 is 0 Å². The van der Waals surface area contributed by atoms with Crippen molar-refractivity contribution in [1.82, 2.24) is 9.96 Å². The van der Waals surface area contributed by atoms with Crippen LogP contribution in [0.1, 0.15) is 24.8 Å². The van der Waals surface area contributed by atoms with E-state index in [0.717, 1.165) is 6.07 Å². The summed E-state index contributed by atoms with van der Waals surface area (Å²) in [5, 5.41) is 1.33. The van der Waals surface area contributed by atoms with E-state index < -0.39 is 29.1 Å². The van der Waals surface area contributed by atoms with Crippen LogP contribution in [0.5, 0.6) is 0 Å². The molecule has 2 aliphatic rings. The topological polar surface area (TPSA) is 59.1 Å². The second-order valence-electron chi connectivity index (χ2n) is 7.21. The molecule has 1 aromatic rings. The summed E-state index contributed by atoms with van der Waals surface area (Å²) in [5.41, 5.74) is -0.239. The van der Waals surface area contributed by atoms with Crippen LogP contribution in [0.2, 0.25) is 0 Å². The van der Waals surface area contributed by atoms with Gasteiger partial charge in [0.05, 0.1) is 25.2 Å². The molecule has 0 radical (unpaired) electrons. The van der Waals surface area contributed by atoms with Crippen LogP contribution in [0, 0.1) is 17.6 Å². The van der Waals surface area contributed by atoms with Crippen LogP contribution in [-0.4, -0.2) is 54.2 Å². The number of hydrogen-bond donors (Lipinski definition) is 0. The molecule has 0 saturated carbocycles. The van der Waals surface area contributed by atoms with E-state index in [1.54, 1.807) is 6.08 Å². The summed E-state index contributed by atoms with van der Waals surface area (Å²) in [6.45, 7) is 5.24. The van der Waals surface area contributed by atoms with E-state index in [0.29, 0.717) is 38.0 Å². The Morgan fingerprint density at radius 3 is 2.50 bits per heavy atom. The number of methoxy groups -OCH3 is 1. The number of likely N-dealkylation sites (tertiary alicyclic amines) is 1. The van der Waals surface area contributed by atoms with Gasteiger partial charge in [-0.1, -0.05) is 6.08 Å². The highest BCUT2D eigenvalue weighted by atomic mass is 19.1. The van der Waals surface area contributed by atoms with Crippen molar-refractivity contribution in [3.63, 3.8) is 0 Å². The largest absolute Gasteiger partial charge is 0.469 e. The minimum absolute atomic E-state index is 0.0406. The Bertz CT molecular complexity index is 742. The molecule has 28 heavy (non-hydrogen) atoms. The van der Waals surface area contributed by atoms with Crippen LogP contribution in [-0.2, 0) is 25.7 Å². The number of hydrogen-bond acceptors (Lipinski definition) is 5. The third kappa shape index (κ3) is 3.93. The molecule has 2 aliphatic heterocycles. The fourth-order valence-corrected chi connectivity index (χ4v) is 4.22. The molecule has 1 amide bonds. The van der Waals surface area contributed by atoms with E-state index in [4.69, 9.17) is 9.57 Å². The lowest BCUT2D eigenvalue weighted by Crippen LogP contribution is -2.57. The highest BCUT2D eigenvalue weighted by molar-refractivity contribution is 5.88. The highest BCUT2D eigenvalue weighted by Crippen LogP contribution is 2.44. The van der Waals surface area contributed by atoms with Crippen molar-refractivity contribution in [2.24, 2.45) is 5.92 Å². The van der Waals surface area contributed by atoms with Crippen molar-refractivity contribution in [2.45, 2.75) is 31.3 Å². The maximum atomic E-state index is 13.4. The number of benzene rings is 1. The maximum Gasteiger partial charge on any atom is 0.311 e. The summed E-state index contributed by atoms with van der Waals surface area (Å²) in [5.74, 6) is -2.51. The van der Waals surface area contributed by atoms with Crippen LogP contribution in [0.3, 0.4) is 0 Å². The molecular weight excluding hydrogens is 370 g/mol. The second kappa shape index (κ2) is 8.36. The van der Waals surface area contributed by atoms with Gasteiger partial charge in [0.25, 0.3) is 0 Å². The average molecular weight is 394 g/mol. The third-order valence-electron chi connectivity index (χ3n) is 5.52. The van der Waals surface area contributed by atoms with Crippen LogP contribution in [0.15, 0.2) is 30.9 Å². The Hall–Kier alpha value is -2.32. The molecule has 0 aromatic heterocycles. The third-order valence-corrected chi connectivity index (χ3v) is 5.52. The summed E-state index contributed by atoms with van der Waals surface area (Å²) in [7, 11) is 1.31. The minimum atomic E-state index is -0.781. The lowest BCUT2D eigenvalue weighted by molar-refractivity contribution is -0.218. The fraction of sp³-hybridized carbons (Fsp3) is 0.500. The number of carbonyl (C=O) groups excluding carboxylic acids is 2. The molecule has 0 bridgehead atoms. The molecule has 8 heteroatoms. The van der Waals surface area contributed by atoms with Crippen LogP contribution >= 0.6 is 0 Å². The van der Waals surface area contributed by atoms with E-state index in [1.165, 1.54) is 24.3 Å². The van der Waals surface area contributed by atoms with E-state index in [2.05, 4.69) is 6.58 Å². The Morgan fingerprint density at radius 2 is 1.93 bits per heavy atom. The number of ether oxygens (including phenoxy) is 1. The monoisotopic (exact) mass is 394 g/mol. The van der Waals surface area contributed by atoms with Crippen molar-refractivity contribution >= 4 is 11.9 Å². The van der Waals surface area contributed by atoms with E-state index in [-0.39, 0.29) is 18.9 Å². The Morgan fingerprint density at radius 1 is 1.29 bits per heavy atom. The molecule has 6 nitrogen and oxygen atoms in total. The van der Waals surface area contributed by atoms with Gasteiger partial charge in [0.2, 0.25) is 5.91 Å². The zero-order valence-corrected chi connectivity index (χ0v) is 15.8. The first-order chi connectivity index (χ1) is 13.4. The molecule has 1 unspecified atom stereocenters. The van der Waals surface area contributed by atoms with Gasteiger partial charge < -0.3 is 4.74 Å². The number of piperidine rings is 1. The molecular formula is C20H24F2N2O4. The molecule has 2 saturated heterocycles. The first kappa shape index (κ1) is 20.4. The quantitative estimate of drug-likeness (QED) is 0.548. The summed E-state index contributed by atoms with van der Waals surface area (Å²) in [6.07, 6.45) is 2.57. The number of halogens is 2. The summed E-state index contributed by atoms with van der Waals surface area (Å²) in [6, 6.07) is 3.46. The van der Waals surface area contributed by atoms with E-state index in [1.807, 2.05) is 4.90 Å². The Kier molecular flexibility index (Phi) is 6.10. The van der Waals surface area contributed by atoms with Crippen molar-refractivity contribution in [2.75, 3.05) is 26.8 Å². The molecule has 2 fully saturated rings. The first-order valence-corrected chi connectivity index (χ1v) is 9.21. The van der Waals surface area contributed by atoms with Crippen molar-refractivity contribution in [3.8, 4) is 0 Å². The Labute approximate surface area is 162 Å². The smallest absolute Gasteiger partial charge is 0.311 e. The van der Waals surface area contributed by atoms with Gasteiger partial charge in [0.15, 0.2) is 0 Å². The van der Waals surface area contributed by atoms with Gasteiger partial charge in [-0.15, -0.1) is 6.58 Å². The predicted molar refractivity (Wildman–Crippen MR) is 96.7 cm³/mol. The maximum absolute atomic E-state index is 13.4. The van der Waals surface area contributed by atoms with Crippen LogP contribution < -0.4 is 0 Å². The zero-order valence-electron chi connectivity index (χ0n) is 15.8. The number of rotatable bonds is 6. The van der Waals surface area contributed by atoms with Gasteiger partial charge in [-0.05, 0) is 30.5 Å². The molecule has 2 heterocycles. The lowest BCUT2D eigenvalue weighted by Gasteiger charge is -2.45. The van der Waals surface area contributed by atoms with Gasteiger partial charge >= 0.3 is 5.97 Å². The highest BCUT2D eigenvalue weighted by Gasteiger charge is 2.58. The summed E-state index contributed by atoms with van der Waals surface area (Å²) in [4.78, 5) is 32.5. The summed E-state index contributed by atoms with van der Waals surface area (Å²) >= 11 is 0. The Balaban J connectivity index is 1.75. The van der Waals surface area contributed by atoms with E-state index in [9.17, 15) is 18.4 Å². The lowest BCUT2D eigenvalue weighted by atomic mass is 9.77. The van der Waals surface area contributed by atoms with Gasteiger partial charge in [-0.25, -0.2) is 13.8 Å². The number of carbonyl (C=O) groups is 2. The van der Waals surface area contributed by atoms with Gasteiger partial charge in [0.1, 0.15) is 11.6 Å². The fourth-order valence-electron chi connectivity index (χ4n) is 4.22. The number of amides is 1. The standard InChI is InChI=1S/C20H24F2N2O4/c1-3-8-28-24-18(25)12-17(19(26)27-2)20(24)4-6-23(7-5-20)13-14-9-15(21)11-16(22)10-14/h3,9-11,17H,1,4-8,12-13H2,2H3. The average Bonchev–Trinajstić information content (AvgIpc) is 2.92. The van der Waals surface area contributed by atoms with Gasteiger partial charge in [-0.2, -0.15) is 0 Å². The zero-order chi connectivity index (χ0) is 20.3. The minimum Gasteiger partial charge on any atom is -0.469 e. The van der Waals surface area contributed by atoms with Gasteiger partial charge in [0, 0.05) is 32.1 Å². The normalized spacial score (nSPS) is 21.9. The molecule has 0 N–H and O–H groups in total. The molecule has 1 spiro atoms. The van der Waals surface area contributed by atoms with Crippen molar-refractivity contribution in [3.05, 3.63) is 48.1 Å². The molecule has 152 valence electrons. The van der Waals surface area contributed by atoms with Crippen molar-refractivity contribution < 1.29 is 27.9 Å². The van der Waals surface area contributed by atoms with Gasteiger partial charge in [-0.3, -0.25) is 19.3 Å². The number of esters is 1. The molecule has 1 atom stereocenters. The molecule has 0 aliphatic carbocycles. The number of nitrogens with zero attached hydrogens (tertiary/aromatic N) is 2. The second-order valence-corrected chi connectivity index (χ2v) is 7.21. The summed E-state index contributed by atoms with van der Waals surface area (Å²) < 4.78 is 31.8. The molecule has 1 aromatic carbocycles. The molecule has 3 rings (SSSR count).